The van der Waals surface area contributed by atoms with Gasteiger partial charge in [-0.1, -0.05) is 30.0 Å². The highest BCUT2D eigenvalue weighted by Gasteiger charge is 2.23. The van der Waals surface area contributed by atoms with Gasteiger partial charge in [0.15, 0.2) is 0 Å². The lowest BCUT2D eigenvalue weighted by molar-refractivity contribution is -0.115. The number of aromatic nitrogens is 1. The van der Waals surface area contributed by atoms with Gasteiger partial charge in [-0.2, -0.15) is 0 Å². The number of hydrogen-bond donors (Lipinski definition) is 2. The fourth-order valence-electron chi connectivity index (χ4n) is 2.81. The maximum Gasteiger partial charge on any atom is 0.263 e. The van der Waals surface area contributed by atoms with Crippen molar-refractivity contribution in [1.82, 2.24) is 15.0 Å². The number of sulfonamides is 1. The predicted molar refractivity (Wildman–Crippen MR) is 112 cm³/mol. The number of thioether (sulfide) groups is 1. The van der Waals surface area contributed by atoms with Crippen molar-refractivity contribution >= 4 is 61.3 Å². The summed E-state index contributed by atoms with van der Waals surface area (Å²) in [7, 11) is -2.70. The van der Waals surface area contributed by atoms with Gasteiger partial charge in [-0.05, 0) is 30.8 Å². The molecule has 0 bridgehead atoms. The van der Waals surface area contributed by atoms with Gasteiger partial charge >= 0.3 is 0 Å². The molecule has 1 amide bonds. The molecule has 1 aliphatic heterocycles. The number of nitrogens with zero attached hydrogens (tertiary/aromatic N) is 1. The molecular weight excluding hydrogens is 437 g/mol. The zero-order valence-corrected chi connectivity index (χ0v) is 17.2. The molecule has 2 N–H and O–H groups in total. The Kier molecular flexibility index (Phi) is 4.99. The van der Waals surface area contributed by atoms with Crippen molar-refractivity contribution in [3.63, 3.8) is 0 Å². The molecular formula is C18H12FN3O4S3. The molecule has 0 spiro atoms. The van der Waals surface area contributed by atoms with Crippen LogP contribution in [0.15, 0.2) is 50.9 Å². The Bertz CT molecular complexity index is 1320. The van der Waals surface area contributed by atoms with Crippen molar-refractivity contribution in [2.45, 2.75) is 4.90 Å². The number of amides is 1. The van der Waals surface area contributed by atoms with Crippen LogP contribution in [-0.2, 0) is 14.8 Å². The molecule has 2 aromatic heterocycles. The summed E-state index contributed by atoms with van der Waals surface area (Å²) in [6, 6.07) is 5.47. The molecule has 1 saturated heterocycles. The van der Waals surface area contributed by atoms with Crippen molar-refractivity contribution in [3.8, 4) is 11.1 Å². The van der Waals surface area contributed by atoms with Gasteiger partial charge in [0.05, 0.1) is 4.91 Å². The number of benzene rings is 1. The Morgan fingerprint density at radius 2 is 2.10 bits per heavy atom. The van der Waals surface area contributed by atoms with Crippen LogP contribution in [0.2, 0.25) is 0 Å². The first-order chi connectivity index (χ1) is 13.8. The summed E-state index contributed by atoms with van der Waals surface area (Å²) >= 11 is 6.09. The number of hydrogen-bond acceptors (Lipinski definition) is 7. The van der Waals surface area contributed by atoms with Gasteiger partial charge in [-0.25, -0.2) is 17.5 Å². The van der Waals surface area contributed by atoms with Crippen LogP contribution >= 0.6 is 24.0 Å². The first kappa shape index (κ1) is 19.7. The largest absolute Gasteiger partial charge is 0.456 e. The Hall–Kier alpha value is -2.60. The number of pyridine rings is 1. The van der Waals surface area contributed by atoms with E-state index >= 15 is 0 Å². The van der Waals surface area contributed by atoms with Crippen LogP contribution < -0.4 is 10.0 Å². The van der Waals surface area contributed by atoms with Crippen LogP contribution in [0.4, 0.5) is 4.39 Å². The molecule has 0 atom stereocenters. The van der Waals surface area contributed by atoms with Crippen molar-refractivity contribution in [1.29, 1.82) is 0 Å². The Labute approximate surface area is 174 Å². The normalized spacial score (nSPS) is 16.0. The quantitative estimate of drug-likeness (QED) is 0.466. The maximum atomic E-state index is 14.4. The molecule has 29 heavy (non-hydrogen) atoms. The number of halogens is 1. The Balaban J connectivity index is 1.79. The lowest BCUT2D eigenvalue weighted by atomic mass is 10.1. The van der Waals surface area contributed by atoms with E-state index < -0.39 is 20.7 Å². The topological polar surface area (TPSA) is 101 Å². The highest BCUT2D eigenvalue weighted by atomic mass is 32.2. The molecule has 3 aromatic rings. The number of rotatable bonds is 4. The second-order valence-corrected chi connectivity index (χ2v) is 9.53. The van der Waals surface area contributed by atoms with Gasteiger partial charge in [-0.15, -0.1) is 0 Å². The van der Waals surface area contributed by atoms with Crippen LogP contribution in [0, 0.1) is 5.82 Å². The number of carbonyl (C=O) groups is 1. The van der Waals surface area contributed by atoms with Gasteiger partial charge in [0.1, 0.15) is 26.4 Å². The third-order valence-electron chi connectivity index (χ3n) is 4.16. The van der Waals surface area contributed by atoms with E-state index in [0.717, 1.165) is 17.8 Å². The van der Waals surface area contributed by atoms with Crippen molar-refractivity contribution < 1.29 is 22.0 Å². The number of nitrogens with one attached hydrogen (secondary N) is 2. The smallest absolute Gasteiger partial charge is 0.263 e. The summed E-state index contributed by atoms with van der Waals surface area (Å²) in [6.45, 7) is 0. The van der Waals surface area contributed by atoms with Gasteiger partial charge in [0.2, 0.25) is 10.0 Å². The van der Waals surface area contributed by atoms with Gasteiger partial charge in [0, 0.05) is 29.4 Å². The molecule has 4 rings (SSSR count). The van der Waals surface area contributed by atoms with Gasteiger partial charge < -0.3 is 9.73 Å². The van der Waals surface area contributed by atoms with E-state index in [1.54, 1.807) is 18.3 Å². The lowest BCUT2D eigenvalue weighted by Crippen LogP contribution is -2.19. The minimum absolute atomic E-state index is 0.304. The summed E-state index contributed by atoms with van der Waals surface area (Å²) < 4.78 is 46.5. The van der Waals surface area contributed by atoms with Crippen molar-refractivity contribution in [2.24, 2.45) is 0 Å². The van der Waals surface area contributed by atoms with E-state index in [1.807, 2.05) is 0 Å². The zero-order chi connectivity index (χ0) is 20.8. The number of fused-ring (bicyclic) bond motifs is 1. The molecule has 1 aromatic carbocycles. The average Bonchev–Trinajstić information content (AvgIpc) is 3.23. The molecule has 148 valence electrons. The average molecular weight is 450 g/mol. The van der Waals surface area contributed by atoms with Crippen molar-refractivity contribution in [2.75, 3.05) is 7.05 Å². The summed E-state index contributed by atoms with van der Waals surface area (Å²) in [4.78, 5) is 15.9. The van der Waals surface area contributed by atoms with E-state index in [1.165, 1.54) is 25.4 Å². The molecule has 0 radical (unpaired) electrons. The minimum Gasteiger partial charge on any atom is -0.456 e. The molecule has 3 heterocycles. The zero-order valence-electron chi connectivity index (χ0n) is 14.7. The van der Waals surface area contributed by atoms with E-state index in [4.69, 9.17) is 16.6 Å². The van der Waals surface area contributed by atoms with E-state index in [9.17, 15) is 17.6 Å². The summed E-state index contributed by atoms with van der Waals surface area (Å²) in [5.41, 5.74) is 1.32. The molecule has 1 fully saturated rings. The van der Waals surface area contributed by atoms with Crippen LogP contribution in [0.5, 0.6) is 0 Å². The Morgan fingerprint density at radius 3 is 2.76 bits per heavy atom. The second kappa shape index (κ2) is 7.34. The van der Waals surface area contributed by atoms with Gasteiger partial charge in [0.25, 0.3) is 5.91 Å². The Morgan fingerprint density at radius 1 is 1.31 bits per heavy atom. The first-order valence-corrected chi connectivity index (χ1v) is 10.8. The van der Waals surface area contributed by atoms with Crippen LogP contribution in [-0.4, -0.2) is 30.7 Å². The van der Waals surface area contributed by atoms with Crippen LogP contribution in [0.25, 0.3) is 28.2 Å². The third-order valence-corrected chi connectivity index (χ3v) is 6.77. The molecule has 7 nitrogen and oxygen atoms in total. The fourth-order valence-corrected chi connectivity index (χ4v) is 4.61. The molecule has 0 saturated carbocycles. The first-order valence-electron chi connectivity index (χ1n) is 8.14. The maximum absolute atomic E-state index is 14.4. The standard InChI is InChI=1S/C18H12FN3O4S3/c1-20-29(24,25)15-3-2-9(5-13(15)19)12-8-21-7-10-4-11(26-16(10)12)6-14-17(23)22-18(27)28-14/h2-8,20H,1H3,(H,22,23,27). The summed E-state index contributed by atoms with van der Waals surface area (Å²) in [6.07, 6.45) is 4.63. The minimum atomic E-state index is -3.91. The van der Waals surface area contributed by atoms with E-state index in [0.29, 0.717) is 37.1 Å². The van der Waals surface area contributed by atoms with Crippen LogP contribution in [0.1, 0.15) is 5.76 Å². The third kappa shape index (κ3) is 3.69. The summed E-state index contributed by atoms with van der Waals surface area (Å²) in [5, 5.41) is 3.17. The molecule has 1 aliphatic rings. The SMILES string of the molecule is CNS(=O)(=O)c1ccc(-c2cncc3cc(C=C4SC(=S)NC4=O)oc23)cc1F. The fraction of sp³-hybridized carbons (Fsp3) is 0.0556. The van der Waals surface area contributed by atoms with E-state index in [2.05, 4.69) is 15.0 Å². The predicted octanol–water partition coefficient (Wildman–Crippen LogP) is 3.03. The van der Waals surface area contributed by atoms with E-state index in [-0.39, 0.29) is 5.91 Å². The molecule has 0 aliphatic carbocycles. The van der Waals surface area contributed by atoms with Crippen molar-refractivity contribution in [3.05, 3.63) is 53.1 Å². The lowest BCUT2D eigenvalue weighted by Gasteiger charge is -2.07. The molecule has 11 heteroatoms. The number of carbonyl (C=O) groups excluding carboxylic acids is 1. The number of thiocarbonyl (C=S) groups is 1. The highest BCUT2D eigenvalue weighted by molar-refractivity contribution is 8.26. The summed E-state index contributed by atoms with van der Waals surface area (Å²) in [5.74, 6) is -0.788. The number of furan rings is 1. The highest BCUT2D eigenvalue weighted by Crippen LogP contribution is 2.33. The second-order valence-electron chi connectivity index (χ2n) is 5.96. The van der Waals surface area contributed by atoms with Gasteiger partial charge in [-0.3, -0.25) is 9.78 Å². The molecule has 0 unspecified atom stereocenters. The monoisotopic (exact) mass is 449 g/mol. The van der Waals surface area contributed by atoms with Crippen LogP contribution in [0.3, 0.4) is 0 Å².